The first-order valence-electron chi connectivity index (χ1n) is 11.1. The van der Waals surface area contributed by atoms with Gasteiger partial charge in [0.2, 0.25) is 5.91 Å². The lowest BCUT2D eigenvalue weighted by Gasteiger charge is -2.32. The molecule has 3 aromatic heterocycles. The molecule has 35 heavy (non-hydrogen) atoms. The number of fused-ring (bicyclic) bond motifs is 1. The SMILES string of the molecule is COc1ccc2sc(N(Cc3cccnc3)C(=O)C3CCN(S(=O)(=O)c4cccs4)CC3)nc2c1. The van der Waals surface area contributed by atoms with Gasteiger partial charge in [0.15, 0.2) is 5.13 Å². The van der Waals surface area contributed by atoms with Gasteiger partial charge in [-0.3, -0.25) is 14.7 Å². The number of thiazole rings is 1. The van der Waals surface area contributed by atoms with Gasteiger partial charge in [-0.25, -0.2) is 13.4 Å². The summed E-state index contributed by atoms with van der Waals surface area (Å²) < 4.78 is 33.9. The number of carbonyl (C=O) groups is 1. The Morgan fingerprint density at radius 1 is 1.20 bits per heavy atom. The molecule has 1 amide bonds. The van der Waals surface area contributed by atoms with Crippen LogP contribution in [0, 0.1) is 5.92 Å². The molecule has 0 atom stereocenters. The van der Waals surface area contributed by atoms with E-state index in [4.69, 9.17) is 9.72 Å². The molecule has 0 spiro atoms. The smallest absolute Gasteiger partial charge is 0.252 e. The van der Waals surface area contributed by atoms with Crippen LogP contribution in [-0.2, 0) is 21.4 Å². The van der Waals surface area contributed by atoms with Gasteiger partial charge in [0, 0.05) is 37.5 Å². The van der Waals surface area contributed by atoms with E-state index in [0.29, 0.717) is 47.6 Å². The molecule has 0 unspecified atom stereocenters. The Kier molecular flexibility index (Phi) is 6.83. The molecule has 1 aliphatic rings. The third-order valence-corrected chi connectivity index (χ3v) is 10.4. The molecule has 4 aromatic rings. The van der Waals surface area contributed by atoms with E-state index in [0.717, 1.165) is 15.8 Å². The largest absolute Gasteiger partial charge is 0.497 e. The number of nitrogens with zero attached hydrogens (tertiary/aromatic N) is 4. The van der Waals surface area contributed by atoms with Gasteiger partial charge >= 0.3 is 0 Å². The first kappa shape index (κ1) is 23.9. The Hall–Kier alpha value is -2.86. The number of benzene rings is 1. The average Bonchev–Trinajstić information content (AvgIpc) is 3.58. The van der Waals surface area contributed by atoms with Crippen LogP contribution in [0.25, 0.3) is 10.2 Å². The van der Waals surface area contributed by atoms with E-state index in [2.05, 4.69) is 4.98 Å². The molecule has 0 radical (unpaired) electrons. The summed E-state index contributed by atoms with van der Waals surface area (Å²) >= 11 is 2.66. The molecule has 1 saturated heterocycles. The predicted octanol–water partition coefficient (Wildman–Crippen LogP) is 4.40. The summed E-state index contributed by atoms with van der Waals surface area (Å²) in [4.78, 5) is 24.4. The van der Waals surface area contributed by atoms with Crippen molar-refractivity contribution < 1.29 is 17.9 Å². The fourth-order valence-corrected chi connectivity index (χ4v) is 7.72. The van der Waals surface area contributed by atoms with Crippen LogP contribution in [0.5, 0.6) is 5.75 Å². The molecular weight excluding hydrogens is 504 g/mol. The molecule has 1 aliphatic heterocycles. The predicted molar refractivity (Wildman–Crippen MR) is 137 cm³/mol. The molecule has 1 fully saturated rings. The maximum Gasteiger partial charge on any atom is 0.252 e. The van der Waals surface area contributed by atoms with Gasteiger partial charge in [-0.15, -0.1) is 11.3 Å². The lowest BCUT2D eigenvalue weighted by atomic mass is 9.96. The minimum Gasteiger partial charge on any atom is -0.497 e. The summed E-state index contributed by atoms with van der Waals surface area (Å²) in [5.41, 5.74) is 1.67. The van der Waals surface area contributed by atoms with Crippen LogP contribution in [0.1, 0.15) is 18.4 Å². The molecule has 182 valence electrons. The van der Waals surface area contributed by atoms with Crippen molar-refractivity contribution in [3.8, 4) is 5.75 Å². The van der Waals surface area contributed by atoms with Crippen LogP contribution in [0.3, 0.4) is 0 Å². The molecule has 0 bridgehead atoms. The zero-order chi connectivity index (χ0) is 24.4. The average molecular weight is 529 g/mol. The summed E-state index contributed by atoms with van der Waals surface area (Å²) in [7, 11) is -1.91. The van der Waals surface area contributed by atoms with Crippen molar-refractivity contribution in [2.75, 3.05) is 25.1 Å². The highest BCUT2D eigenvalue weighted by Gasteiger charge is 2.35. The fourth-order valence-electron chi connectivity index (χ4n) is 4.15. The number of amides is 1. The van der Waals surface area contributed by atoms with E-state index < -0.39 is 10.0 Å². The number of sulfonamides is 1. The summed E-state index contributed by atoms with van der Waals surface area (Å²) in [6.07, 6.45) is 4.37. The molecule has 8 nitrogen and oxygen atoms in total. The summed E-state index contributed by atoms with van der Waals surface area (Å²) in [6, 6.07) is 12.8. The molecular formula is C24H24N4O4S3. The van der Waals surface area contributed by atoms with Crippen LogP contribution in [0.2, 0.25) is 0 Å². The van der Waals surface area contributed by atoms with Gasteiger partial charge in [0.25, 0.3) is 10.0 Å². The maximum absolute atomic E-state index is 13.8. The van der Waals surface area contributed by atoms with E-state index in [1.165, 1.54) is 27.0 Å². The molecule has 0 saturated carbocycles. The highest BCUT2D eigenvalue weighted by atomic mass is 32.2. The summed E-state index contributed by atoms with van der Waals surface area (Å²) in [5, 5.41) is 2.36. The number of ether oxygens (including phenoxy) is 1. The monoisotopic (exact) mass is 528 g/mol. The minimum atomic E-state index is -3.52. The van der Waals surface area contributed by atoms with Crippen LogP contribution in [-0.4, -0.2) is 48.8 Å². The Morgan fingerprint density at radius 3 is 2.71 bits per heavy atom. The van der Waals surface area contributed by atoms with Crippen molar-refractivity contribution in [2.24, 2.45) is 5.92 Å². The van der Waals surface area contributed by atoms with Crippen molar-refractivity contribution in [3.05, 3.63) is 65.8 Å². The number of pyridine rings is 1. The zero-order valence-electron chi connectivity index (χ0n) is 19.0. The second-order valence-corrected chi connectivity index (χ2v) is 12.3. The van der Waals surface area contributed by atoms with Crippen molar-refractivity contribution in [1.82, 2.24) is 14.3 Å². The Labute approximate surface area is 211 Å². The van der Waals surface area contributed by atoms with Crippen LogP contribution < -0.4 is 9.64 Å². The Bertz CT molecular complexity index is 1410. The summed E-state index contributed by atoms with van der Waals surface area (Å²) in [6.45, 7) is 0.972. The van der Waals surface area contributed by atoms with Crippen LogP contribution in [0.4, 0.5) is 5.13 Å². The quantitative estimate of drug-likeness (QED) is 0.353. The first-order valence-corrected chi connectivity index (χ1v) is 14.3. The van der Waals surface area contributed by atoms with E-state index in [1.54, 1.807) is 41.9 Å². The van der Waals surface area contributed by atoms with Gasteiger partial charge < -0.3 is 4.74 Å². The second kappa shape index (κ2) is 10.0. The van der Waals surface area contributed by atoms with Gasteiger partial charge in [0.1, 0.15) is 9.96 Å². The first-order chi connectivity index (χ1) is 17.0. The number of anilines is 1. The molecule has 5 rings (SSSR count). The molecule has 4 heterocycles. The number of hydrogen-bond donors (Lipinski definition) is 0. The number of hydrogen-bond acceptors (Lipinski definition) is 8. The van der Waals surface area contributed by atoms with Gasteiger partial charge in [-0.05, 0) is 48.1 Å². The highest BCUT2D eigenvalue weighted by Crippen LogP contribution is 2.34. The maximum atomic E-state index is 13.8. The molecule has 0 aliphatic carbocycles. The van der Waals surface area contributed by atoms with Crippen molar-refractivity contribution in [3.63, 3.8) is 0 Å². The number of aromatic nitrogens is 2. The van der Waals surface area contributed by atoms with Crippen molar-refractivity contribution >= 4 is 54.0 Å². The topological polar surface area (TPSA) is 92.7 Å². The highest BCUT2D eigenvalue weighted by molar-refractivity contribution is 7.91. The van der Waals surface area contributed by atoms with Gasteiger partial charge in [-0.1, -0.05) is 23.5 Å². The zero-order valence-corrected chi connectivity index (χ0v) is 21.5. The Balaban J connectivity index is 1.39. The number of carbonyl (C=O) groups excluding carboxylic acids is 1. The van der Waals surface area contributed by atoms with E-state index in [1.807, 2.05) is 30.3 Å². The molecule has 1 aromatic carbocycles. The van der Waals surface area contributed by atoms with E-state index >= 15 is 0 Å². The number of piperidine rings is 1. The normalized spacial score (nSPS) is 15.3. The minimum absolute atomic E-state index is 0.0481. The van der Waals surface area contributed by atoms with Crippen molar-refractivity contribution in [1.29, 1.82) is 0 Å². The number of methoxy groups -OCH3 is 1. The van der Waals surface area contributed by atoms with Crippen LogP contribution >= 0.6 is 22.7 Å². The molecule has 0 N–H and O–H groups in total. The third-order valence-electron chi connectivity index (χ3n) is 6.04. The molecule has 11 heteroatoms. The fraction of sp³-hybridized carbons (Fsp3) is 0.292. The summed E-state index contributed by atoms with van der Waals surface area (Å²) in [5.74, 6) is 0.370. The van der Waals surface area contributed by atoms with E-state index in [-0.39, 0.29) is 11.8 Å². The van der Waals surface area contributed by atoms with Crippen molar-refractivity contribution in [2.45, 2.75) is 23.6 Å². The third kappa shape index (κ3) is 4.94. The van der Waals surface area contributed by atoms with Gasteiger partial charge in [-0.2, -0.15) is 4.31 Å². The van der Waals surface area contributed by atoms with Gasteiger partial charge in [0.05, 0.1) is 23.9 Å². The lowest BCUT2D eigenvalue weighted by Crippen LogP contribution is -2.44. The number of rotatable bonds is 7. The van der Waals surface area contributed by atoms with E-state index in [9.17, 15) is 13.2 Å². The second-order valence-electron chi connectivity index (χ2n) is 8.23. The lowest BCUT2D eigenvalue weighted by molar-refractivity contribution is -0.123. The Morgan fingerprint density at radius 2 is 2.03 bits per heavy atom. The van der Waals surface area contributed by atoms with Crippen LogP contribution in [0.15, 0.2) is 64.4 Å². The number of thiophene rings is 1. The standard InChI is InChI=1S/C24H24N4O4S3/c1-32-19-6-7-21-20(14-19)26-24(34-21)28(16-17-4-2-10-25-15-17)23(29)18-8-11-27(12-9-18)35(30,31)22-5-3-13-33-22/h2-7,10,13-15,18H,8-9,11-12,16H2,1H3.